The number of Topliss-reactive ketones (excluding diaryl/α,β-unsaturated/α-hetero) is 1. The SMILES string of the molecule is CCC1(C(=O)NC(CC(=O)O)C(=O)COc2c(F)c(F)cc(F)c2F)CC(COc2ccc(Cl)c3ccccc23)=NO1. The Morgan fingerprint density at radius 2 is 1.74 bits per heavy atom. The van der Waals surface area contributed by atoms with Crippen molar-refractivity contribution in [2.24, 2.45) is 5.16 Å². The molecule has 2 atom stereocenters. The Labute approximate surface area is 241 Å². The van der Waals surface area contributed by atoms with Crippen LogP contribution in [-0.4, -0.2) is 53.3 Å². The molecule has 1 heterocycles. The van der Waals surface area contributed by atoms with Crippen LogP contribution in [0.25, 0.3) is 10.8 Å². The smallest absolute Gasteiger partial charge is 0.305 e. The van der Waals surface area contributed by atoms with E-state index in [-0.39, 0.29) is 25.5 Å². The van der Waals surface area contributed by atoms with Gasteiger partial charge in [0.1, 0.15) is 25.0 Å². The number of fused-ring (bicyclic) bond motifs is 1. The van der Waals surface area contributed by atoms with E-state index in [1.807, 2.05) is 24.3 Å². The molecule has 0 aromatic heterocycles. The molecule has 0 fully saturated rings. The maximum absolute atomic E-state index is 13.9. The van der Waals surface area contributed by atoms with Gasteiger partial charge in [-0.1, -0.05) is 47.9 Å². The second kappa shape index (κ2) is 12.6. The van der Waals surface area contributed by atoms with Crippen LogP contribution in [0.1, 0.15) is 26.2 Å². The summed E-state index contributed by atoms with van der Waals surface area (Å²) >= 11 is 6.24. The van der Waals surface area contributed by atoms with Crippen molar-refractivity contribution in [2.45, 2.75) is 37.8 Å². The minimum Gasteiger partial charge on any atom is -0.487 e. The fourth-order valence-electron chi connectivity index (χ4n) is 4.25. The Kier molecular flexibility index (Phi) is 9.20. The minimum atomic E-state index is -1.89. The summed E-state index contributed by atoms with van der Waals surface area (Å²) < 4.78 is 65.2. The molecule has 14 heteroatoms. The second-order valence-corrected chi connectivity index (χ2v) is 9.74. The molecule has 2 N–H and O–H groups in total. The molecular weight excluding hydrogens is 588 g/mol. The van der Waals surface area contributed by atoms with E-state index in [9.17, 15) is 37.1 Å². The number of amides is 1. The summed E-state index contributed by atoms with van der Waals surface area (Å²) in [5.41, 5.74) is -1.28. The average molecular weight is 611 g/mol. The number of aliphatic carboxylic acids is 1. The van der Waals surface area contributed by atoms with Crippen molar-refractivity contribution < 1.29 is 51.4 Å². The normalized spacial score (nSPS) is 16.9. The summed E-state index contributed by atoms with van der Waals surface area (Å²) in [6.07, 6.45) is -0.944. The number of carbonyl (C=O) groups excluding carboxylic acids is 2. The summed E-state index contributed by atoms with van der Waals surface area (Å²) in [4.78, 5) is 42.8. The van der Waals surface area contributed by atoms with E-state index in [4.69, 9.17) is 21.2 Å². The lowest BCUT2D eigenvalue weighted by Crippen LogP contribution is -2.53. The zero-order valence-electron chi connectivity index (χ0n) is 21.9. The average Bonchev–Trinajstić information content (AvgIpc) is 3.40. The Balaban J connectivity index is 1.42. The number of hydrogen-bond acceptors (Lipinski definition) is 7. The Morgan fingerprint density at radius 3 is 2.38 bits per heavy atom. The van der Waals surface area contributed by atoms with Crippen LogP contribution in [-0.2, 0) is 19.2 Å². The third-order valence-electron chi connectivity index (χ3n) is 6.55. The number of carbonyl (C=O) groups is 3. The van der Waals surface area contributed by atoms with E-state index in [0.29, 0.717) is 16.5 Å². The highest BCUT2D eigenvalue weighted by Crippen LogP contribution is 2.33. The van der Waals surface area contributed by atoms with Crippen LogP contribution in [0.4, 0.5) is 17.6 Å². The highest BCUT2D eigenvalue weighted by molar-refractivity contribution is 6.35. The fourth-order valence-corrected chi connectivity index (χ4v) is 4.48. The molecule has 42 heavy (non-hydrogen) atoms. The van der Waals surface area contributed by atoms with Gasteiger partial charge in [0, 0.05) is 28.3 Å². The van der Waals surface area contributed by atoms with Crippen molar-refractivity contribution in [1.29, 1.82) is 0 Å². The first-order chi connectivity index (χ1) is 20.0. The standard InChI is InChI=1S/C28H23ClF4N2O7/c1-2-28(11-14(35-42-28)12-40-22-8-7-17(29)15-5-3-4-6-16(15)22)27(39)34-20(10-23(37)38)21(36)13-41-26-24(32)18(30)9-19(31)25(26)33/h3-9,20H,2,10-13H2,1H3,(H,34,39)(H,37,38). The molecule has 2 unspecified atom stereocenters. The van der Waals surface area contributed by atoms with Gasteiger partial charge in [0.2, 0.25) is 17.2 Å². The van der Waals surface area contributed by atoms with Crippen LogP contribution in [0.2, 0.25) is 5.02 Å². The summed E-state index contributed by atoms with van der Waals surface area (Å²) in [7, 11) is 0. The highest BCUT2D eigenvalue weighted by Gasteiger charge is 2.46. The third-order valence-corrected chi connectivity index (χ3v) is 6.88. The predicted octanol–water partition coefficient (Wildman–Crippen LogP) is 4.96. The van der Waals surface area contributed by atoms with Crippen molar-refractivity contribution in [1.82, 2.24) is 5.32 Å². The number of carboxylic acids is 1. The minimum absolute atomic E-state index is 0.0440. The lowest BCUT2D eigenvalue weighted by Gasteiger charge is -2.26. The molecule has 3 aromatic carbocycles. The molecule has 0 spiro atoms. The van der Waals surface area contributed by atoms with E-state index >= 15 is 0 Å². The van der Waals surface area contributed by atoms with Crippen LogP contribution >= 0.6 is 11.6 Å². The molecule has 0 radical (unpaired) electrons. The summed E-state index contributed by atoms with van der Waals surface area (Å²) in [5.74, 6) is -11.8. The number of oxime groups is 1. The Morgan fingerprint density at radius 1 is 1.07 bits per heavy atom. The first kappa shape index (κ1) is 30.6. The molecule has 1 aliphatic heterocycles. The third kappa shape index (κ3) is 6.40. The molecule has 9 nitrogen and oxygen atoms in total. The molecule has 222 valence electrons. The monoisotopic (exact) mass is 610 g/mol. The Bertz CT molecular complexity index is 1560. The van der Waals surface area contributed by atoms with Gasteiger partial charge in [-0.25, -0.2) is 8.78 Å². The topological polar surface area (TPSA) is 124 Å². The number of rotatable bonds is 12. The molecule has 1 aliphatic rings. The number of halogens is 5. The van der Waals surface area contributed by atoms with E-state index in [1.54, 1.807) is 19.1 Å². The number of nitrogens with one attached hydrogen (secondary N) is 1. The number of hydrogen-bond donors (Lipinski definition) is 2. The van der Waals surface area contributed by atoms with Gasteiger partial charge in [-0.15, -0.1) is 0 Å². The van der Waals surface area contributed by atoms with E-state index in [1.165, 1.54) is 0 Å². The second-order valence-electron chi connectivity index (χ2n) is 9.33. The van der Waals surface area contributed by atoms with Crippen molar-refractivity contribution in [3.8, 4) is 11.5 Å². The van der Waals surface area contributed by atoms with Crippen LogP contribution in [0, 0.1) is 23.3 Å². The van der Waals surface area contributed by atoms with Crippen LogP contribution < -0.4 is 14.8 Å². The van der Waals surface area contributed by atoms with Crippen molar-refractivity contribution in [3.63, 3.8) is 0 Å². The molecule has 1 amide bonds. The lowest BCUT2D eigenvalue weighted by molar-refractivity contribution is -0.148. The van der Waals surface area contributed by atoms with Gasteiger partial charge in [0.15, 0.2) is 23.2 Å². The fraction of sp³-hybridized carbons (Fsp3) is 0.286. The van der Waals surface area contributed by atoms with Crippen LogP contribution in [0.15, 0.2) is 47.6 Å². The molecule has 0 bridgehead atoms. The van der Waals surface area contributed by atoms with Crippen LogP contribution in [0.3, 0.4) is 0 Å². The number of ether oxygens (including phenoxy) is 2. The molecule has 4 rings (SSSR count). The van der Waals surface area contributed by atoms with E-state index < -0.39 is 71.3 Å². The van der Waals surface area contributed by atoms with E-state index in [2.05, 4.69) is 15.2 Å². The Hall–Kier alpha value is -4.39. The zero-order valence-corrected chi connectivity index (χ0v) is 22.6. The lowest BCUT2D eigenvalue weighted by atomic mass is 9.92. The van der Waals surface area contributed by atoms with Crippen molar-refractivity contribution >= 4 is 45.7 Å². The zero-order chi connectivity index (χ0) is 30.6. The van der Waals surface area contributed by atoms with E-state index in [0.717, 1.165) is 10.8 Å². The van der Waals surface area contributed by atoms with Gasteiger partial charge < -0.3 is 24.7 Å². The highest BCUT2D eigenvalue weighted by atomic mass is 35.5. The quantitative estimate of drug-likeness (QED) is 0.219. The predicted molar refractivity (Wildman–Crippen MR) is 142 cm³/mol. The molecule has 0 saturated heterocycles. The molecule has 3 aromatic rings. The van der Waals surface area contributed by atoms with Gasteiger partial charge in [0.25, 0.3) is 5.91 Å². The largest absolute Gasteiger partial charge is 0.487 e. The number of benzene rings is 3. The van der Waals surface area contributed by atoms with Crippen LogP contribution in [0.5, 0.6) is 11.5 Å². The number of carboxylic acid groups (broad SMARTS) is 1. The molecular formula is C28H23ClF4N2O7. The summed E-state index contributed by atoms with van der Waals surface area (Å²) in [5, 5.41) is 17.5. The molecule has 0 saturated carbocycles. The summed E-state index contributed by atoms with van der Waals surface area (Å²) in [6.45, 7) is 0.333. The van der Waals surface area contributed by atoms with Gasteiger partial charge >= 0.3 is 5.97 Å². The van der Waals surface area contributed by atoms with Gasteiger partial charge in [0.05, 0.1) is 12.1 Å². The summed E-state index contributed by atoms with van der Waals surface area (Å²) in [6, 6.07) is 8.86. The van der Waals surface area contributed by atoms with Gasteiger partial charge in [-0.2, -0.15) is 8.78 Å². The first-order valence-electron chi connectivity index (χ1n) is 12.5. The molecule has 0 aliphatic carbocycles. The maximum atomic E-state index is 13.9. The van der Waals surface area contributed by atoms with Crippen molar-refractivity contribution in [3.05, 3.63) is 70.8 Å². The number of nitrogens with zero attached hydrogens (tertiary/aromatic N) is 1. The number of ketones is 1. The van der Waals surface area contributed by atoms with Gasteiger partial charge in [-0.3, -0.25) is 14.4 Å². The first-order valence-corrected chi connectivity index (χ1v) is 12.9. The maximum Gasteiger partial charge on any atom is 0.305 e. The van der Waals surface area contributed by atoms with Crippen molar-refractivity contribution in [2.75, 3.05) is 13.2 Å². The van der Waals surface area contributed by atoms with Gasteiger partial charge in [-0.05, 0) is 18.6 Å².